The summed E-state index contributed by atoms with van der Waals surface area (Å²) in [5.41, 5.74) is 4.79. The van der Waals surface area contributed by atoms with Gasteiger partial charge in [-0.15, -0.1) is 0 Å². The van der Waals surface area contributed by atoms with Gasteiger partial charge in [-0.05, 0) is 37.4 Å². The molecule has 120 valence electrons. The Kier molecular flexibility index (Phi) is 3.68. The Morgan fingerprint density at radius 3 is 2.71 bits per heavy atom. The second kappa shape index (κ2) is 5.99. The van der Waals surface area contributed by atoms with Gasteiger partial charge in [0.1, 0.15) is 5.82 Å². The molecule has 5 nitrogen and oxygen atoms in total. The topological polar surface area (TPSA) is 58.9 Å². The molecule has 2 aromatic carbocycles. The van der Waals surface area contributed by atoms with Gasteiger partial charge in [-0.1, -0.05) is 12.1 Å². The van der Waals surface area contributed by atoms with E-state index in [9.17, 15) is 0 Å². The highest BCUT2D eigenvalue weighted by molar-refractivity contribution is 5.83. The van der Waals surface area contributed by atoms with E-state index in [0.717, 1.165) is 48.6 Å². The molecule has 0 radical (unpaired) electrons. The summed E-state index contributed by atoms with van der Waals surface area (Å²) in [7, 11) is 2.16. The van der Waals surface area contributed by atoms with E-state index in [1.165, 1.54) is 5.69 Å². The highest BCUT2D eigenvalue weighted by atomic mass is 15.2. The lowest BCUT2D eigenvalue weighted by Crippen LogP contribution is -2.44. The zero-order valence-corrected chi connectivity index (χ0v) is 13.7. The van der Waals surface area contributed by atoms with Crippen molar-refractivity contribution in [3.63, 3.8) is 0 Å². The Hall–Kier alpha value is -2.84. The predicted molar refractivity (Wildman–Crippen MR) is 96.0 cm³/mol. The summed E-state index contributed by atoms with van der Waals surface area (Å²) < 4.78 is 0. The summed E-state index contributed by atoms with van der Waals surface area (Å²) in [5.74, 6) is 0.803. The van der Waals surface area contributed by atoms with E-state index in [0.29, 0.717) is 5.56 Å². The molecule has 0 spiro atoms. The van der Waals surface area contributed by atoms with Crippen LogP contribution in [0.5, 0.6) is 0 Å². The third-order valence-corrected chi connectivity index (χ3v) is 4.60. The molecule has 0 atom stereocenters. The molecule has 3 aromatic rings. The van der Waals surface area contributed by atoms with Gasteiger partial charge in [-0.2, -0.15) is 5.26 Å². The zero-order chi connectivity index (χ0) is 16.5. The van der Waals surface area contributed by atoms with Crippen LogP contribution in [0.3, 0.4) is 0 Å². The third-order valence-electron chi connectivity index (χ3n) is 4.60. The van der Waals surface area contributed by atoms with E-state index in [4.69, 9.17) is 5.26 Å². The molecule has 2 heterocycles. The first-order valence-corrected chi connectivity index (χ1v) is 8.17. The van der Waals surface area contributed by atoms with Crippen molar-refractivity contribution in [2.24, 2.45) is 0 Å². The first-order chi connectivity index (χ1) is 11.7. The fourth-order valence-electron chi connectivity index (χ4n) is 3.13. The molecule has 24 heavy (non-hydrogen) atoms. The second-order valence-corrected chi connectivity index (χ2v) is 6.27. The quantitative estimate of drug-likeness (QED) is 0.789. The minimum atomic E-state index is 0.645. The second-order valence-electron chi connectivity index (χ2n) is 6.27. The summed E-state index contributed by atoms with van der Waals surface area (Å²) in [6, 6.07) is 16.1. The van der Waals surface area contributed by atoms with Gasteiger partial charge in [0, 0.05) is 37.4 Å². The monoisotopic (exact) mass is 317 g/mol. The number of nitriles is 1. The van der Waals surface area contributed by atoms with Crippen molar-refractivity contribution in [2.45, 2.75) is 0 Å². The van der Waals surface area contributed by atoms with E-state index >= 15 is 0 Å². The SMILES string of the molecule is CN1CCN(c2ccc3nc(-c4cccc(C#N)c4)[nH]c3c2)CC1. The number of H-pyrrole nitrogens is 1. The van der Waals surface area contributed by atoms with Crippen LogP contribution in [0.25, 0.3) is 22.4 Å². The minimum Gasteiger partial charge on any atom is -0.369 e. The first kappa shape index (κ1) is 14.7. The van der Waals surface area contributed by atoms with Gasteiger partial charge in [0.15, 0.2) is 0 Å². The molecule has 1 N–H and O–H groups in total. The first-order valence-electron chi connectivity index (χ1n) is 8.17. The molecule has 0 unspecified atom stereocenters. The maximum Gasteiger partial charge on any atom is 0.138 e. The maximum absolute atomic E-state index is 9.06. The number of aromatic amines is 1. The fraction of sp³-hybridized carbons (Fsp3) is 0.263. The van der Waals surface area contributed by atoms with Crippen molar-refractivity contribution in [2.75, 3.05) is 38.1 Å². The van der Waals surface area contributed by atoms with E-state index in [-0.39, 0.29) is 0 Å². The number of hydrogen-bond donors (Lipinski definition) is 1. The normalized spacial score (nSPS) is 15.6. The van der Waals surface area contributed by atoms with Crippen molar-refractivity contribution in [3.8, 4) is 17.5 Å². The largest absolute Gasteiger partial charge is 0.369 e. The summed E-state index contributed by atoms with van der Waals surface area (Å²) >= 11 is 0. The lowest BCUT2D eigenvalue weighted by atomic mass is 10.1. The van der Waals surface area contributed by atoms with Gasteiger partial charge in [0.2, 0.25) is 0 Å². The summed E-state index contributed by atoms with van der Waals surface area (Å²) in [6.07, 6.45) is 0. The van der Waals surface area contributed by atoms with Crippen LogP contribution in [0.15, 0.2) is 42.5 Å². The Morgan fingerprint density at radius 1 is 1.08 bits per heavy atom. The number of rotatable bonds is 2. The van der Waals surface area contributed by atoms with Crippen molar-refractivity contribution in [3.05, 3.63) is 48.0 Å². The molecular weight excluding hydrogens is 298 g/mol. The lowest BCUT2D eigenvalue weighted by molar-refractivity contribution is 0.313. The molecule has 0 saturated carbocycles. The van der Waals surface area contributed by atoms with Gasteiger partial charge in [0.05, 0.1) is 22.7 Å². The van der Waals surface area contributed by atoms with Crippen LogP contribution >= 0.6 is 0 Å². The van der Waals surface area contributed by atoms with Crippen LogP contribution in [-0.4, -0.2) is 48.1 Å². The standard InChI is InChI=1S/C19H19N5/c1-23-7-9-24(10-8-23)16-5-6-17-18(12-16)22-19(21-17)15-4-2-3-14(11-15)13-20/h2-6,11-12H,7-10H2,1H3,(H,21,22). The Morgan fingerprint density at radius 2 is 1.92 bits per heavy atom. The molecule has 4 rings (SSSR count). The Bertz CT molecular complexity index is 913. The average Bonchev–Trinajstić information content (AvgIpc) is 3.05. The van der Waals surface area contributed by atoms with Crippen LogP contribution in [-0.2, 0) is 0 Å². The number of nitrogens with zero attached hydrogens (tertiary/aromatic N) is 4. The molecule has 1 saturated heterocycles. The number of imidazole rings is 1. The summed E-state index contributed by atoms with van der Waals surface area (Å²) in [4.78, 5) is 12.8. The molecule has 1 fully saturated rings. The maximum atomic E-state index is 9.06. The molecular formula is C19H19N5. The van der Waals surface area contributed by atoms with Crippen molar-refractivity contribution in [1.29, 1.82) is 5.26 Å². The highest BCUT2D eigenvalue weighted by Gasteiger charge is 2.15. The van der Waals surface area contributed by atoms with Crippen LogP contribution < -0.4 is 4.90 Å². The van der Waals surface area contributed by atoms with Gasteiger partial charge >= 0.3 is 0 Å². The van der Waals surface area contributed by atoms with Gasteiger partial charge in [-0.25, -0.2) is 4.98 Å². The fourth-order valence-corrected chi connectivity index (χ4v) is 3.13. The number of hydrogen-bond acceptors (Lipinski definition) is 4. The van der Waals surface area contributed by atoms with Crippen LogP contribution in [0, 0.1) is 11.3 Å². The van der Waals surface area contributed by atoms with E-state index < -0.39 is 0 Å². The van der Waals surface area contributed by atoms with Gasteiger partial charge < -0.3 is 14.8 Å². The molecule has 1 aromatic heterocycles. The number of benzene rings is 2. The Labute approximate surface area is 141 Å². The minimum absolute atomic E-state index is 0.645. The lowest BCUT2D eigenvalue weighted by Gasteiger charge is -2.34. The molecule has 0 aliphatic carbocycles. The summed E-state index contributed by atoms with van der Waals surface area (Å²) in [6.45, 7) is 4.28. The molecule has 1 aliphatic rings. The molecule has 5 heteroatoms. The molecule has 0 amide bonds. The number of piperazine rings is 1. The van der Waals surface area contributed by atoms with E-state index in [1.54, 1.807) is 6.07 Å². The number of likely N-dealkylation sites (N-methyl/N-ethyl adjacent to an activating group) is 1. The van der Waals surface area contributed by atoms with Crippen molar-refractivity contribution >= 4 is 16.7 Å². The smallest absolute Gasteiger partial charge is 0.138 e. The van der Waals surface area contributed by atoms with Gasteiger partial charge in [0.25, 0.3) is 0 Å². The Balaban J connectivity index is 1.67. The summed E-state index contributed by atoms with van der Waals surface area (Å²) in [5, 5.41) is 9.06. The van der Waals surface area contributed by atoms with Gasteiger partial charge in [-0.3, -0.25) is 0 Å². The predicted octanol–water partition coefficient (Wildman–Crippen LogP) is 2.85. The highest BCUT2D eigenvalue weighted by Crippen LogP contribution is 2.25. The van der Waals surface area contributed by atoms with Crippen molar-refractivity contribution < 1.29 is 0 Å². The third kappa shape index (κ3) is 2.72. The van der Waals surface area contributed by atoms with E-state index in [2.05, 4.69) is 51.1 Å². The average molecular weight is 317 g/mol. The molecule has 1 aliphatic heterocycles. The van der Waals surface area contributed by atoms with Crippen molar-refractivity contribution in [1.82, 2.24) is 14.9 Å². The molecule has 0 bridgehead atoms. The van der Waals surface area contributed by atoms with Crippen LogP contribution in [0.4, 0.5) is 5.69 Å². The van der Waals surface area contributed by atoms with Crippen LogP contribution in [0.2, 0.25) is 0 Å². The van der Waals surface area contributed by atoms with Crippen LogP contribution in [0.1, 0.15) is 5.56 Å². The number of nitrogens with one attached hydrogen (secondary N) is 1. The number of aromatic nitrogens is 2. The number of fused-ring (bicyclic) bond motifs is 1. The number of anilines is 1. The van der Waals surface area contributed by atoms with E-state index in [1.807, 2.05) is 18.2 Å². The zero-order valence-electron chi connectivity index (χ0n) is 13.7.